The average molecular weight is 271 g/mol. The van der Waals surface area contributed by atoms with Crippen molar-refractivity contribution in [3.05, 3.63) is 36.0 Å². The van der Waals surface area contributed by atoms with Gasteiger partial charge in [0.2, 0.25) is 5.88 Å². The Balaban J connectivity index is 2.25. The number of ether oxygens (including phenoxy) is 1. The summed E-state index contributed by atoms with van der Waals surface area (Å²) in [7, 11) is 0. The fraction of sp³-hybridized carbons (Fsp3) is 0.308. The zero-order valence-corrected chi connectivity index (χ0v) is 9.94. The number of hydrogen-bond donors (Lipinski definition) is 1. The molecule has 0 aliphatic heterocycles. The molecule has 19 heavy (non-hydrogen) atoms. The molecule has 0 aliphatic rings. The molecule has 1 aromatic carbocycles. The number of pyridine rings is 1. The summed E-state index contributed by atoms with van der Waals surface area (Å²) in [6.07, 6.45) is -5.29. The number of rotatable bonds is 4. The molecule has 0 spiro atoms. The van der Waals surface area contributed by atoms with Crippen molar-refractivity contribution in [1.82, 2.24) is 4.98 Å². The van der Waals surface area contributed by atoms with Gasteiger partial charge in [-0.2, -0.15) is 13.2 Å². The van der Waals surface area contributed by atoms with Gasteiger partial charge in [0.25, 0.3) is 0 Å². The lowest BCUT2D eigenvalue weighted by molar-refractivity contribution is -0.139. The largest absolute Gasteiger partial charge is 0.477 e. The SMILES string of the molecule is OCc1cc2ccccc2c(OCCC(F)(F)F)n1. The number of hydrogen-bond acceptors (Lipinski definition) is 3. The molecule has 0 radical (unpaired) electrons. The van der Waals surface area contributed by atoms with E-state index in [4.69, 9.17) is 9.84 Å². The van der Waals surface area contributed by atoms with Gasteiger partial charge in [-0.1, -0.05) is 18.2 Å². The number of benzene rings is 1. The van der Waals surface area contributed by atoms with Gasteiger partial charge < -0.3 is 9.84 Å². The van der Waals surface area contributed by atoms with Crippen LogP contribution in [0.25, 0.3) is 10.8 Å². The Bertz CT molecular complexity index is 569. The van der Waals surface area contributed by atoms with Gasteiger partial charge in [0.05, 0.1) is 25.3 Å². The van der Waals surface area contributed by atoms with Crippen LogP contribution in [0.2, 0.25) is 0 Å². The van der Waals surface area contributed by atoms with Crippen LogP contribution in [0.4, 0.5) is 13.2 Å². The van der Waals surface area contributed by atoms with Crippen molar-refractivity contribution in [2.24, 2.45) is 0 Å². The number of aliphatic hydroxyl groups is 1. The molecule has 0 aliphatic carbocycles. The van der Waals surface area contributed by atoms with Gasteiger partial charge in [-0.3, -0.25) is 0 Å². The predicted molar refractivity (Wildman–Crippen MR) is 63.8 cm³/mol. The van der Waals surface area contributed by atoms with Gasteiger partial charge in [0, 0.05) is 5.39 Å². The van der Waals surface area contributed by atoms with Gasteiger partial charge in [-0.15, -0.1) is 0 Å². The Morgan fingerprint density at radius 3 is 2.63 bits per heavy atom. The van der Waals surface area contributed by atoms with E-state index in [2.05, 4.69) is 4.98 Å². The zero-order chi connectivity index (χ0) is 13.9. The number of aliphatic hydroxyl groups excluding tert-OH is 1. The van der Waals surface area contributed by atoms with Gasteiger partial charge in [0.15, 0.2) is 0 Å². The second kappa shape index (κ2) is 5.44. The van der Waals surface area contributed by atoms with Crippen molar-refractivity contribution in [3.8, 4) is 5.88 Å². The molecule has 1 aromatic heterocycles. The molecule has 1 N–H and O–H groups in total. The average Bonchev–Trinajstić information content (AvgIpc) is 2.37. The lowest BCUT2D eigenvalue weighted by Gasteiger charge is -2.11. The standard InChI is InChI=1S/C13H12F3NO2/c14-13(15,16)5-6-19-12-11-4-2-1-3-9(11)7-10(8-18)17-12/h1-4,7,18H,5-6,8H2. The molecule has 102 valence electrons. The first-order valence-corrected chi connectivity index (χ1v) is 5.68. The molecule has 0 saturated heterocycles. The van der Waals surface area contributed by atoms with E-state index in [1.807, 2.05) is 0 Å². The number of alkyl halides is 3. The number of fused-ring (bicyclic) bond motifs is 1. The van der Waals surface area contributed by atoms with Crippen molar-refractivity contribution in [1.29, 1.82) is 0 Å². The molecule has 3 nitrogen and oxygen atoms in total. The van der Waals surface area contributed by atoms with E-state index in [1.165, 1.54) is 0 Å². The third-order valence-electron chi connectivity index (χ3n) is 2.54. The Hall–Kier alpha value is -1.82. The van der Waals surface area contributed by atoms with Gasteiger partial charge >= 0.3 is 6.18 Å². The van der Waals surface area contributed by atoms with Crippen LogP contribution in [0.5, 0.6) is 5.88 Å². The van der Waals surface area contributed by atoms with Crippen LogP contribution < -0.4 is 4.74 Å². The molecular formula is C13H12F3NO2. The Labute approximate surface area is 107 Å². The fourth-order valence-electron chi connectivity index (χ4n) is 1.67. The molecule has 0 saturated carbocycles. The monoisotopic (exact) mass is 271 g/mol. The lowest BCUT2D eigenvalue weighted by Crippen LogP contribution is -2.13. The molecular weight excluding hydrogens is 259 g/mol. The molecule has 2 rings (SSSR count). The Morgan fingerprint density at radius 1 is 1.21 bits per heavy atom. The van der Waals surface area contributed by atoms with Gasteiger partial charge in [0.1, 0.15) is 0 Å². The van der Waals surface area contributed by atoms with Crippen LogP contribution in [0.15, 0.2) is 30.3 Å². The van der Waals surface area contributed by atoms with Gasteiger partial charge in [-0.25, -0.2) is 4.98 Å². The molecule has 1 heterocycles. The van der Waals surface area contributed by atoms with Crippen LogP contribution in [-0.4, -0.2) is 22.9 Å². The second-order valence-corrected chi connectivity index (χ2v) is 4.01. The lowest BCUT2D eigenvalue weighted by atomic mass is 10.1. The highest BCUT2D eigenvalue weighted by molar-refractivity contribution is 5.87. The van der Waals surface area contributed by atoms with Crippen molar-refractivity contribution >= 4 is 10.8 Å². The summed E-state index contributed by atoms with van der Waals surface area (Å²) >= 11 is 0. The molecule has 0 atom stereocenters. The topological polar surface area (TPSA) is 42.4 Å². The summed E-state index contributed by atoms with van der Waals surface area (Å²) in [6, 6.07) is 8.72. The van der Waals surface area contributed by atoms with E-state index in [0.717, 1.165) is 5.39 Å². The predicted octanol–water partition coefficient (Wildman–Crippen LogP) is 3.06. The van der Waals surface area contributed by atoms with Crippen LogP contribution in [0.1, 0.15) is 12.1 Å². The van der Waals surface area contributed by atoms with Crippen LogP contribution in [0.3, 0.4) is 0 Å². The maximum absolute atomic E-state index is 12.1. The van der Waals surface area contributed by atoms with E-state index >= 15 is 0 Å². The molecule has 2 aromatic rings. The minimum atomic E-state index is -4.26. The normalized spacial score (nSPS) is 11.8. The van der Waals surface area contributed by atoms with E-state index in [-0.39, 0.29) is 12.5 Å². The van der Waals surface area contributed by atoms with Crippen LogP contribution in [-0.2, 0) is 6.61 Å². The summed E-state index contributed by atoms with van der Waals surface area (Å²) < 4.78 is 41.3. The number of nitrogens with zero attached hydrogens (tertiary/aromatic N) is 1. The molecule has 6 heteroatoms. The summed E-state index contributed by atoms with van der Waals surface area (Å²) in [4.78, 5) is 4.00. The first-order valence-electron chi connectivity index (χ1n) is 5.68. The first kappa shape index (κ1) is 13.6. The third-order valence-corrected chi connectivity index (χ3v) is 2.54. The van der Waals surface area contributed by atoms with Crippen molar-refractivity contribution in [3.63, 3.8) is 0 Å². The van der Waals surface area contributed by atoms with Crippen molar-refractivity contribution < 1.29 is 23.0 Å². The minimum Gasteiger partial charge on any atom is -0.477 e. The molecule has 0 amide bonds. The zero-order valence-electron chi connectivity index (χ0n) is 9.94. The quantitative estimate of drug-likeness (QED) is 0.929. The first-order chi connectivity index (χ1) is 8.99. The fourth-order valence-corrected chi connectivity index (χ4v) is 1.67. The maximum atomic E-state index is 12.1. The Morgan fingerprint density at radius 2 is 1.95 bits per heavy atom. The smallest absolute Gasteiger partial charge is 0.392 e. The highest BCUT2D eigenvalue weighted by Gasteiger charge is 2.27. The third kappa shape index (κ3) is 3.57. The summed E-state index contributed by atoms with van der Waals surface area (Å²) in [5.41, 5.74) is 0.362. The van der Waals surface area contributed by atoms with Crippen molar-refractivity contribution in [2.45, 2.75) is 19.2 Å². The molecule has 0 unspecified atom stereocenters. The minimum absolute atomic E-state index is 0.117. The summed E-state index contributed by atoms with van der Waals surface area (Å²) in [6.45, 7) is -0.782. The van der Waals surface area contributed by atoms with Gasteiger partial charge in [-0.05, 0) is 17.5 Å². The molecule has 0 fully saturated rings. The highest BCUT2D eigenvalue weighted by atomic mass is 19.4. The highest BCUT2D eigenvalue weighted by Crippen LogP contribution is 2.26. The van der Waals surface area contributed by atoms with E-state index in [9.17, 15) is 13.2 Å². The second-order valence-electron chi connectivity index (χ2n) is 4.01. The molecule has 0 bridgehead atoms. The van der Waals surface area contributed by atoms with Crippen LogP contribution in [0, 0.1) is 0 Å². The van der Waals surface area contributed by atoms with E-state index < -0.39 is 19.2 Å². The maximum Gasteiger partial charge on any atom is 0.392 e. The van der Waals surface area contributed by atoms with Crippen molar-refractivity contribution in [2.75, 3.05) is 6.61 Å². The van der Waals surface area contributed by atoms with E-state index in [1.54, 1.807) is 30.3 Å². The van der Waals surface area contributed by atoms with E-state index in [0.29, 0.717) is 11.1 Å². The Kier molecular flexibility index (Phi) is 3.90. The number of halogens is 3. The summed E-state index contributed by atoms with van der Waals surface area (Å²) in [5.74, 6) is 0.117. The number of aromatic nitrogens is 1. The summed E-state index contributed by atoms with van der Waals surface area (Å²) in [5, 5.41) is 10.5. The van der Waals surface area contributed by atoms with Crippen LogP contribution >= 0.6 is 0 Å².